The van der Waals surface area contributed by atoms with E-state index >= 15 is 0 Å². The number of aryl methyl sites for hydroxylation is 2. The molecule has 0 unspecified atom stereocenters. The Balaban J connectivity index is 1.75. The van der Waals surface area contributed by atoms with Crippen molar-refractivity contribution in [3.05, 3.63) is 29.3 Å². The molecule has 6 heteroatoms. The first-order valence-electron chi connectivity index (χ1n) is 8.46. The monoisotopic (exact) mass is 330 g/mol. The molecular weight excluding hydrogens is 306 g/mol. The first kappa shape index (κ1) is 16.6. The number of rotatable bonds is 3. The molecule has 0 spiro atoms. The molecule has 2 heterocycles. The van der Waals surface area contributed by atoms with E-state index < -0.39 is 0 Å². The summed E-state index contributed by atoms with van der Waals surface area (Å²) in [4.78, 5) is 38.9. The number of hydrogen-bond donors (Lipinski definition) is 2. The van der Waals surface area contributed by atoms with Gasteiger partial charge in [-0.25, -0.2) is 4.90 Å². The van der Waals surface area contributed by atoms with Crippen molar-refractivity contribution < 1.29 is 19.3 Å². The highest BCUT2D eigenvalue weighted by Gasteiger charge is 2.46. The Hall–Kier alpha value is -2.21. The number of anilines is 1. The Bertz CT molecular complexity index is 693. The van der Waals surface area contributed by atoms with E-state index in [1.54, 1.807) is 0 Å². The number of amides is 3. The molecule has 1 atom stereocenters. The maximum atomic E-state index is 12.8. The fraction of sp³-hybridized carbons (Fsp3) is 0.500. The minimum absolute atomic E-state index is 0.100. The lowest BCUT2D eigenvalue weighted by Gasteiger charge is -2.30. The summed E-state index contributed by atoms with van der Waals surface area (Å²) in [6, 6.07) is 5.31. The largest absolute Gasteiger partial charge is 0.369 e. The van der Waals surface area contributed by atoms with Crippen LogP contribution in [0.1, 0.15) is 30.4 Å². The highest BCUT2D eigenvalue weighted by Crippen LogP contribution is 2.24. The van der Waals surface area contributed by atoms with Gasteiger partial charge in [0.05, 0.1) is 25.2 Å². The van der Waals surface area contributed by atoms with Gasteiger partial charge in [0.15, 0.2) is 6.04 Å². The molecule has 3 N–H and O–H groups in total. The second-order valence-electron chi connectivity index (χ2n) is 6.93. The second-order valence-corrected chi connectivity index (χ2v) is 6.93. The lowest BCUT2D eigenvalue weighted by Crippen LogP contribution is -3.17. The van der Waals surface area contributed by atoms with Crippen molar-refractivity contribution in [2.45, 2.75) is 39.2 Å². The fourth-order valence-electron chi connectivity index (χ4n) is 3.71. The molecule has 2 aliphatic rings. The van der Waals surface area contributed by atoms with E-state index in [9.17, 15) is 14.4 Å². The maximum absolute atomic E-state index is 12.8. The van der Waals surface area contributed by atoms with Crippen LogP contribution < -0.4 is 15.5 Å². The first-order valence-corrected chi connectivity index (χ1v) is 8.46. The molecule has 3 rings (SSSR count). The van der Waals surface area contributed by atoms with E-state index in [-0.39, 0.29) is 36.1 Å². The van der Waals surface area contributed by atoms with Gasteiger partial charge < -0.3 is 10.6 Å². The Labute approximate surface area is 141 Å². The number of imide groups is 1. The normalized spacial score (nSPS) is 27.6. The number of nitrogens with one attached hydrogen (secondary N) is 1. The summed E-state index contributed by atoms with van der Waals surface area (Å²) in [6.45, 7) is 5.39. The summed E-state index contributed by atoms with van der Waals surface area (Å²) in [5, 5.41) is 0. The molecule has 0 radical (unpaired) electrons. The van der Waals surface area contributed by atoms with Crippen LogP contribution in [0.5, 0.6) is 0 Å². The third-order valence-electron chi connectivity index (χ3n) is 5.42. The van der Waals surface area contributed by atoms with Crippen molar-refractivity contribution in [1.82, 2.24) is 0 Å². The van der Waals surface area contributed by atoms with Crippen molar-refractivity contribution in [1.29, 1.82) is 0 Å². The third-order valence-corrected chi connectivity index (χ3v) is 5.42. The van der Waals surface area contributed by atoms with Gasteiger partial charge in [-0.15, -0.1) is 0 Å². The summed E-state index contributed by atoms with van der Waals surface area (Å²) in [5.41, 5.74) is 8.21. The molecule has 0 saturated carbocycles. The molecule has 1 aromatic carbocycles. The number of nitrogens with zero attached hydrogens (tertiary/aromatic N) is 1. The third kappa shape index (κ3) is 2.94. The molecular formula is C18H24N3O3+. The van der Waals surface area contributed by atoms with Crippen LogP contribution in [0.4, 0.5) is 5.69 Å². The Kier molecular flexibility index (Phi) is 4.41. The minimum atomic E-state index is -0.340. The predicted octanol–water partition coefficient (Wildman–Crippen LogP) is -0.284. The molecule has 1 aromatic rings. The summed E-state index contributed by atoms with van der Waals surface area (Å²) in [5.74, 6) is -0.634. The van der Waals surface area contributed by atoms with Crippen molar-refractivity contribution in [3.63, 3.8) is 0 Å². The van der Waals surface area contributed by atoms with Crippen LogP contribution in [0.3, 0.4) is 0 Å². The number of likely N-dealkylation sites (tertiary alicyclic amines) is 1. The lowest BCUT2D eigenvalue weighted by atomic mass is 9.95. The van der Waals surface area contributed by atoms with Crippen LogP contribution in [0.2, 0.25) is 0 Å². The van der Waals surface area contributed by atoms with E-state index in [0.717, 1.165) is 16.0 Å². The van der Waals surface area contributed by atoms with Gasteiger partial charge in [-0.05, 0) is 37.1 Å². The van der Waals surface area contributed by atoms with Gasteiger partial charge in [-0.2, -0.15) is 0 Å². The van der Waals surface area contributed by atoms with Gasteiger partial charge in [-0.3, -0.25) is 14.4 Å². The summed E-state index contributed by atoms with van der Waals surface area (Å²) in [6.07, 6.45) is 1.61. The highest BCUT2D eigenvalue weighted by molar-refractivity contribution is 6.21. The summed E-state index contributed by atoms with van der Waals surface area (Å²) < 4.78 is 0. The van der Waals surface area contributed by atoms with Crippen molar-refractivity contribution in [2.75, 3.05) is 18.0 Å². The van der Waals surface area contributed by atoms with Crippen molar-refractivity contribution >= 4 is 23.4 Å². The Morgan fingerprint density at radius 2 is 1.83 bits per heavy atom. The zero-order valence-electron chi connectivity index (χ0n) is 14.2. The summed E-state index contributed by atoms with van der Waals surface area (Å²) >= 11 is 0. The first-order chi connectivity index (χ1) is 11.4. The number of nitrogens with two attached hydrogens (primary N) is 1. The lowest BCUT2D eigenvalue weighted by molar-refractivity contribution is -0.920. The van der Waals surface area contributed by atoms with Crippen LogP contribution in [0.25, 0.3) is 0 Å². The van der Waals surface area contributed by atoms with Gasteiger partial charge >= 0.3 is 0 Å². The predicted molar refractivity (Wildman–Crippen MR) is 89.4 cm³/mol. The SMILES string of the molecule is Cc1ccc(N2C(=O)C[C@H]([NH+]3CCC(C(N)=O)CC3)C2=O)cc1C. The topological polar surface area (TPSA) is 84.9 Å². The van der Waals surface area contributed by atoms with Crippen LogP contribution >= 0.6 is 0 Å². The molecule has 24 heavy (non-hydrogen) atoms. The minimum Gasteiger partial charge on any atom is -0.369 e. The average molecular weight is 330 g/mol. The van der Waals surface area contributed by atoms with Crippen LogP contribution in [-0.2, 0) is 14.4 Å². The Morgan fingerprint density at radius 1 is 1.17 bits per heavy atom. The number of carbonyl (C=O) groups is 3. The number of primary amides is 1. The number of hydrogen-bond acceptors (Lipinski definition) is 3. The zero-order chi connectivity index (χ0) is 17.4. The molecule has 6 nitrogen and oxygen atoms in total. The number of piperidine rings is 1. The van der Waals surface area contributed by atoms with E-state index in [1.807, 2.05) is 32.0 Å². The molecule has 3 amide bonds. The van der Waals surface area contributed by atoms with E-state index in [2.05, 4.69) is 0 Å². The van der Waals surface area contributed by atoms with Crippen molar-refractivity contribution in [3.8, 4) is 0 Å². The van der Waals surface area contributed by atoms with Gasteiger partial charge in [0.2, 0.25) is 11.8 Å². The highest BCUT2D eigenvalue weighted by atomic mass is 16.2. The molecule has 128 valence electrons. The van der Waals surface area contributed by atoms with Gasteiger partial charge in [0.25, 0.3) is 5.91 Å². The van der Waals surface area contributed by atoms with Gasteiger partial charge in [0, 0.05) is 18.8 Å². The number of benzene rings is 1. The Morgan fingerprint density at radius 3 is 2.42 bits per heavy atom. The van der Waals surface area contributed by atoms with E-state index in [1.165, 1.54) is 4.90 Å². The van der Waals surface area contributed by atoms with Gasteiger partial charge in [-0.1, -0.05) is 6.07 Å². The van der Waals surface area contributed by atoms with Gasteiger partial charge in [0.1, 0.15) is 0 Å². The quantitative estimate of drug-likeness (QED) is 0.747. The fourth-order valence-corrected chi connectivity index (χ4v) is 3.71. The van der Waals surface area contributed by atoms with E-state index in [0.29, 0.717) is 31.6 Å². The molecule has 2 saturated heterocycles. The molecule has 0 aromatic heterocycles. The van der Waals surface area contributed by atoms with Crippen LogP contribution in [-0.4, -0.2) is 36.9 Å². The average Bonchev–Trinajstić information content (AvgIpc) is 2.85. The molecule has 2 fully saturated rings. The molecule has 0 aliphatic carbocycles. The van der Waals surface area contributed by atoms with Crippen LogP contribution in [0, 0.1) is 19.8 Å². The zero-order valence-corrected chi connectivity index (χ0v) is 14.2. The molecule has 0 bridgehead atoms. The van der Waals surface area contributed by atoms with E-state index in [4.69, 9.17) is 5.73 Å². The standard InChI is InChI=1S/C18H23N3O3/c1-11-3-4-14(9-12(11)2)21-16(22)10-15(18(21)24)20-7-5-13(6-8-20)17(19)23/h3-4,9,13,15H,5-8,10H2,1-2H3,(H2,19,23)/p+1/t15-/m0/s1. The maximum Gasteiger partial charge on any atom is 0.292 e. The van der Waals surface area contributed by atoms with Crippen LogP contribution in [0.15, 0.2) is 18.2 Å². The smallest absolute Gasteiger partial charge is 0.292 e. The van der Waals surface area contributed by atoms with Crippen molar-refractivity contribution in [2.24, 2.45) is 11.7 Å². The number of carbonyl (C=O) groups excluding carboxylic acids is 3. The number of quaternary nitrogens is 1. The summed E-state index contributed by atoms with van der Waals surface area (Å²) in [7, 11) is 0. The second kappa shape index (κ2) is 6.36. The molecule has 2 aliphatic heterocycles.